The summed E-state index contributed by atoms with van der Waals surface area (Å²) >= 11 is 0. The molecular formula is C21H24N8O. The Kier molecular flexibility index (Phi) is 4.81. The van der Waals surface area contributed by atoms with E-state index in [2.05, 4.69) is 51.2 Å². The number of rotatable bonds is 4. The van der Waals surface area contributed by atoms with Gasteiger partial charge in [-0.15, -0.1) is 5.10 Å². The molecule has 4 aromatic rings. The van der Waals surface area contributed by atoms with Crippen molar-refractivity contribution in [1.29, 1.82) is 0 Å². The molecule has 0 aromatic carbocycles. The summed E-state index contributed by atoms with van der Waals surface area (Å²) in [5.74, 6) is 1.84. The number of aromatic nitrogens is 7. The maximum absolute atomic E-state index is 12.8. The van der Waals surface area contributed by atoms with Crippen molar-refractivity contribution in [3.63, 3.8) is 0 Å². The SMILES string of the molecule is Cc1cc(C)n2nc(CC(=O)Nc3cc(C(C)(C)C)nn3-c3ccccn3)nc2n1. The number of anilines is 1. The lowest BCUT2D eigenvalue weighted by Crippen LogP contribution is -2.18. The van der Waals surface area contributed by atoms with Crippen LogP contribution in [0, 0.1) is 13.8 Å². The van der Waals surface area contributed by atoms with Crippen LogP contribution in [-0.2, 0) is 16.6 Å². The zero-order chi connectivity index (χ0) is 21.5. The topological polar surface area (TPSA) is 103 Å². The lowest BCUT2D eigenvalue weighted by atomic mass is 9.92. The van der Waals surface area contributed by atoms with Crippen LogP contribution in [-0.4, -0.2) is 40.3 Å². The van der Waals surface area contributed by atoms with E-state index in [1.807, 2.05) is 44.2 Å². The van der Waals surface area contributed by atoms with E-state index in [1.54, 1.807) is 15.4 Å². The van der Waals surface area contributed by atoms with Crippen molar-refractivity contribution in [2.24, 2.45) is 0 Å². The van der Waals surface area contributed by atoms with Gasteiger partial charge in [0.1, 0.15) is 5.82 Å². The zero-order valence-corrected chi connectivity index (χ0v) is 17.7. The summed E-state index contributed by atoms with van der Waals surface area (Å²) in [6.07, 6.45) is 1.72. The molecule has 0 spiro atoms. The van der Waals surface area contributed by atoms with Gasteiger partial charge in [0.25, 0.3) is 5.78 Å². The van der Waals surface area contributed by atoms with E-state index in [9.17, 15) is 4.79 Å². The van der Waals surface area contributed by atoms with Gasteiger partial charge in [0.2, 0.25) is 5.91 Å². The van der Waals surface area contributed by atoms with E-state index >= 15 is 0 Å². The van der Waals surface area contributed by atoms with Crippen molar-refractivity contribution in [2.75, 3.05) is 5.32 Å². The second kappa shape index (κ2) is 7.33. The molecule has 0 aliphatic rings. The molecule has 154 valence electrons. The Morgan fingerprint density at radius 3 is 2.60 bits per heavy atom. The third-order valence-electron chi connectivity index (χ3n) is 4.59. The van der Waals surface area contributed by atoms with Gasteiger partial charge >= 0.3 is 0 Å². The van der Waals surface area contributed by atoms with Crippen LogP contribution < -0.4 is 5.32 Å². The predicted molar refractivity (Wildman–Crippen MR) is 113 cm³/mol. The number of nitrogens with one attached hydrogen (secondary N) is 1. The molecule has 0 atom stereocenters. The number of hydrogen-bond donors (Lipinski definition) is 1. The summed E-state index contributed by atoms with van der Waals surface area (Å²) in [7, 11) is 0. The second-order valence-corrected chi connectivity index (χ2v) is 8.27. The molecule has 4 aromatic heterocycles. The third kappa shape index (κ3) is 3.91. The molecule has 0 unspecified atom stereocenters. The molecule has 0 bridgehead atoms. The first kappa shape index (κ1) is 19.7. The molecule has 9 heteroatoms. The largest absolute Gasteiger partial charge is 0.310 e. The lowest BCUT2D eigenvalue weighted by molar-refractivity contribution is -0.115. The average Bonchev–Trinajstić information content (AvgIpc) is 3.26. The Hall–Kier alpha value is -3.62. The van der Waals surface area contributed by atoms with E-state index in [0.717, 1.165) is 17.1 Å². The highest BCUT2D eigenvalue weighted by atomic mass is 16.1. The molecular weight excluding hydrogens is 380 g/mol. The molecule has 4 heterocycles. The number of aryl methyl sites for hydroxylation is 2. The molecule has 1 amide bonds. The number of pyridine rings is 1. The molecule has 30 heavy (non-hydrogen) atoms. The molecule has 0 aliphatic heterocycles. The maximum Gasteiger partial charge on any atom is 0.252 e. The fourth-order valence-electron chi connectivity index (χ4n) is 3.10. The number of amides is 1. The van der Waals surface area contributed by atoms with E-state index in [-0.39, 0.29) is 17.7 Å². The van der Waals surface area contributed by atoms with Gasteiger partial charge in [-0.25, -0.2) is 14.5 Å². The molecule has 0 fully saturated rings. The lowest BCUT2D eigenvalue weighted by Gasteiger charge is -2.13. The van der Waals surface area contributed by atoms with Crippen LogP contribution in [0.2, 0.25) is 0 Å². The van der Waals surface area contributed by atoms with Crippen LogP contribution in [0.3, 0.4) is 0 Å². The van der Waals surface area contributed by atoms with Crippen molar-refractivity contribution in [3.05, 3.63) is 59.4 Å². The van der Waals surface area contributed by atoms with Crippen molar-refractivity contribution in [2.45, 2.75) is 46.5 Å². The second-order valence-electron chi connectivity index (χ2n) is 8.27. The van der Waals surface area contributed by atoms with Crippen LogP contribution >= 0.6 is 0 Å². The van der Waals surface area contributed by atoms with Gasteiger partial charge in [0.05, 0.1) is 12.1 Å². The van der Waals surface area contributed by atoms with Gasteiger partial charge in [-0.2, -0.15) is 14.8 Å². The Bertz CT molecular complexity index is 1220. The molecule has 1 N–H and O–H groups in total. The summed E-state index contributed by atoms with van der Waals surface area (Å²) in [5.41, 5.74) is 2.45. The Morgan fingerprint density at radius 1 is 1.10 bits per heavy atom. The molecule has 4 rings (SSSR count). The highest BCUT2D eigenvalue weighted by Gasteiger charge is 2.22. The monoisotopic (exact) mass is 404 g/mol. The first-order valence-corrected chi connectivity index (χ1v) is 9.72. The average molecular weight is 404 g/mol. The summed E-state index contributed by atoms with van der Waals surface area (Å²) < 4.78 is 3.29. The fraction of sp³-hybridized carbons (Fsp3) is 0.333. The highest BCUT2D eigenvalue weighted by molar-refractivity contribution is 5.91. The standard InChI is InChI=1S/C21H24N8O/c1-13-10-14(2)28-20(23-13)24-16(27-28)12-19(30)25-18-11-15(21(3,4)5)26-29(18)17-8-6-7-9-22-17/h6-11H,12H2,1-5H3,(H,25,30). The summed E-state index contributed by atoms with van der Waals surface area (Å²) in [4.78, 5) is 25.9. The Balaban J connectivity index is 1.61. The zero-order valence-electron chi connectivity index (χ0n) is 17.7. The number of carbonyl (C=O) groups excluding carboxylic acids is 1. The van der Waals surface area contributed by atoms with Gasteiger partial charge in [-0.1, -0.05) is 26.8 Å². The van der Waals surface area contributed by atoms with Crippen molar-refractivity contribution in [1.82, 2.24) is 34.3 Å². The van der Waals surface area contributed by atoms with E-state index in [1.165, 1.54) is 0 Å². The van der Waals surface area contributed by atoms with Crippen LogP contribution in [0.1, 0.15) is 43.7 Å². The molecule has 0 aliphatic carbocycles. The Labute approximate surface area is 174 Å². The first-order valence-electron chi connectivity index (χ1n) is 9.72. The summed E-state index contributed by atoms with van der Waals surface area (Å²) in [6.45, 7) is 10.0. The minimum Gasteiger partial charge on any atom is -0.310 e. The van der Waals surface area contributed by atoms with Crippen LogP contribution in [0.15, 0.2) is 36.5 Å². The number of fused-ring (bicyclic) bond motifs is 1. The third-order valence-corrected chi connectivity index (χ3v) is 4.59. The van der Waals surface area contributed by atoms with Gasteiger partial charge < -0.3 is 5.32 Å². The minimum absolute atomic E-state index is 0.0279. The van der Waals surface area contributed by atoms with Gasteiger partial charge in [-0.05, 0) is 32.0 Å². The number of hydrogen-bond acceptors (Lipinski definition) is 6. The van der Waals surface area contributed by atoms with Crippen molar-refractivity contribution in [3.8, 4) is 5.82 Å². The van der Waals surface area contributed by atoms with Crippen LogP contribution in [0.25, 0.3) is 11.6 Å². The van der Waals surface area contributed by atoms with Gasteiger partial charge in [0, 0.05) is 29.1 Å². The normalized spacial score (nSPS) is 11.8. The highest BCUT2D eigenvalue weighted by Crippen LogP contribution is 2.25. The summed E-state index contributed by atoms with van der Waals surface area (Å²) in [6, 6.07) is 9.35. The van der Waals surface area contributed by atoms with Crippen molar-refractivity contribution >= 4 is 17.5 Å². The van der Waals surface area contributed by atoms with E-state index in [0.29, 0.717) is 23.2 Å². The summed E-state index contributed by atoms with van der Waals surface area (Å²) in [5, 5.41) is 12.0. The van der Waals surface area contributed by atoms with Crippen LogP contribution in [0.5, 0.6) is 0 Å². The number of carbonyl (C=O) groups is 1. The molecule has 0 saturated heterocycles. The first-order chi connectivity index (χ1) is 14.2. The number of nitrogens with zero attached hydrogens (tertiary/aromatic N) is 7. The fourth-order valence-corrected chi connectivity index (χ4v) is 3.10. The molecule has 9 nitrogen and oxygen atoms in total. The van der Waals surface area contributed by atoms with Crippen molar-refractivity contribution < 1.29 is 4.79 Å². The van der Waals surface area contributed by atoms with Gasteiger partial charge in [-0.3, -0.25) is 4.79 Å². The quantitative estimate of drug-likeness (QED) is 0.561. The van der Waals surface area contributed by atoms with Gasteiger partial charge in [0.15, 0.2) is 11.6 Å². The maximum atomic E-state index is 12.8. The Morgan fingerprint density at radius 2 is 1.90 bits per heavy atom. The minimum atomic E-state index is -0.238. The predicted octanol–water partition coefficient (Wildman–Crippen LogP) is 2.80. The van der Waals surface area contributed by atoms with E-state index in [4.69, 9.17) is 0 Å². The van der Waals surface area contributed by atoms with Crippen LogP contribution in [0.4, 0.5) is 5.82 Å². The molecule has 0 radical (unpaired) electrons. The molecule has 0 saturated carbocycles. The smallest absolute Gasteiger partial charge is 0.252 e. The van der Waals surface area contributed by atoms with E-state index < -0.39 is 0 Å².